The fourth-order valence-electron chi connectivity index (χ4n) is 1.78. The van der Waals surface area contributed by atoms with Gasteiger partial charge in [0.05, 0.1) is 0 Å². The molecule has 1 aromatic carbocycles. The summed E-state index contributed by atoms with van der Waals surface area (Å²) in [5.74, 6) is -0.235. The smallest absolute Gasteiger partial charge is 0.128 e. The van der Waals surface area contributed by atoms with Crippen molar-refractivity contribution in [1.29, 1.82) is 0 Å². The Hall–Kier alpha value is -1.35. The van der Waals surface area contributed by atoms with Crippen molar-refractivity contribution in [2.75, 3.05) is 0 Å². The molecule has 0 amide bonds. The normalized spacial score (nSPS) is 12.3. The van der Waals surface area contributed by atoms with Crippen LogP contribution in [0.3, 0.4) is 0 Å². The molecule has 2 rings (SSSR count). The van der Waals surface area contributed by atoms with E-state index in [2.05, 4.69) is 0 Å². The van der Waals surface area contributed by atoms with Crippen molar-refractivity contribution in [3.05, 3.63) is 35.8 Å². The van der Waals surface area contributed by atoms with Crippen LogP contribution in [-0.4, -0.2) is 4.57 Å². The molecule has 0 fully saturated rings. The number of hydrogen-bond acceptors (Lipinski definition) is 1. The van der Waals surface area contributed by atoms with Gasteiger partial charge in [-0.15, -0.1) is 0 Å². The van der Waals surface area contributed by atoms with Gasteiger partial charge in [-0.2, -0.15) is 0 Å². The third kappa shape index (κ3) is 1.63. The van der Waals surface area contributed by atoms with E-state index in [9.17, 15) is 4.39 Å². The molecule has 15 heavy (non-hydrogen) atoms. The van der Waals surface area contributed by atoms with Gasteiger partial charge in [0.15, 0.2) is 0 Å². The van der Waals surface area contributed by atoms with E-state index in [1.807, 2.05) is 29.9 Å². The summed E-state index contributed by atoms with van der Waals surface area (Å²) >= 11 is 0. The highest BCUT2D eigenvalue weighted by atomic mass is 19.1. The second-order valence-corrected chi connectivity index (χ2v) is 4.54. The molecular weight excluding hydrogens is 191 g/mol. The van der Waals surface area contributed by atoms with Gasteiger partial charge >= 0.3 is 0 Å². The maximum absolute atomic E-state index is 13.7. The van der Waals surface area contributed by atoms with Crippen molar-refractivity contribution in [1.82, 2.24) is 4.57 Å². The van der Waals surface area contributed by atoms with Crippen molar-refractivity contribution in [2.45, 2.75) is 19.4 Å². The molecule has 2 aromatic rings. The molecule has 3 heteroatoms. The number of benzene rings is 1. The van der Waals surface area contributed by atoms with Crippen LogP contribution in [0.15, 0.2) is 24.4 Å². The predicted octanol–water partition coefficient (Wildman–Crippen LogP) is 2.51. The van der Waals surface area contributed by atoms with Gasteiger partial charge in [-0.25, -0.2) is 4.39 Å². The Bertz CT molecular complexity index is 506. The van der Waals surface area contributed by atoms with Crippen molar-refractivity contribution in [3.63, 3.8) is 0 Å². The molecule has 2 nitrogen and oxygen atoms in total. The molecule has 0 atom stereocenters. The van der Waals surface area contributed by atoms with E-state index < -0.39 is 5.54 Å². The molecule has 0 aliphatic heterocycles. The van der Waals surface area contributed by atoms with Gasteiger partial charge in [-0.05, 0) is 32.0 Å². The van der Waals surface area contributed by atoms with Crippen molar-refractivity contribution >= 4 is 10.9 Å². The molecule has 0 aliphatic carbocycles. The molecule has 0 bridgehead atoms. The highest BCUT2D eigenvalue weighted by Gasteiger charge is 2.19. The first-order chi connectivity index (χ1) is 6.89. The number of hydrogen-bond donors (Lipinski definition) is 1. The van der Waals surface area contributed by atoms with Crippen molar-refractivity contribution in [3.8, 4) is 0 Å². The van der Waals surface area contributed by atoms with E-state index in [-0.39, 0.29) is 5.82 Å². The van der Waals surface area contributed by atoms with Crippen LogP contribution in [0.4, 0.5) is 4.39 Å². The first kappa shape index (κ1) is 10.2. The van der Waals surface area contributed by atoms with Crippen LogP contribution in [0.1, 0.15) is 19.4 Å². The zero-order valence-corrected chi connectivity index (χ0v) is 9.21. The zero-order valence-electron chi connectivity index (χ0n) is 9.21. The topological polar surface area (TPSA) is 30.9 Å². The Morgan fingerprint density at radius 2 is 2.00 bits per heavy atom. The Morgan fingerprint density at radius 3 is 2.60 bits per heavy atom. The number of fused-ring (bicyclic) bond motifs is 1. The highest BCUT2D eigenvalue weighted by molar-refractivity contribution is 5.81. The van der Waals surface area contributed by atoms with E-state index in [1.54, 1.807) is 19.9 Å². The van der Waals surface area contributed by atoms with Crippen LogP contribution in [0.5, 0.6) is 0 Å². The monoisotopic (exact) mass is 206 g/mol. The Kier molecular flexibility index (Phi) is 2.08. The molecule has 0 radical (unpaired) electrons. The third-order valence-electron chi connectivity index (χ3n) is 2.67. The molecule has 0 saturated heterocycles. The van der Waals surface area contributed by atoms with Gasteiger partial charge in [-0.3, -0.25) is 0 Å². The minimum Gasteiger partial charge on any atom is -0.351 e. The number of aryl methyl sites for hydroxylation is 1. The second kappa shape index (κ2) is 3.07. The summed E-state index contributed by atoms with van der Waals surface area (Å²) in [5, 5.41) is 0.906. The van der Waals surface area contributed by atoms with Crippen LogP contribution in [0.25, 0.3) is 10.9 Å². The third-order valence-corrected chi connectivity index (χ3v) is 2.67. The second-order valence-electron chi connectivity index (χ2n) is 4.54. The standard InChI is InChI=1S/C12H15FN2/c1-12(2,14)9-7-11-8(6-10(9)13)4-5-15(11)3/h4-7H,14H2,1-3H3. The van der Waals surface area contributed by atoms with E-state index in [4.69, 9.17) is 5.73 Å². The van der Waals surface area contributed by atoms with Gasteiger partial charge in [0.2, 0.25) is 0 Å². The molecule has 1 aromatic heterocycles. The molecule has 2 N–H and O–H groups in total. The molecule has 0 unspecified atom stereocenters. The zero-order chi connectivity index (χ0) is 11.2. The number of aromatic nitrogens is 1. The van der Waals surface area contributed by atoms with Crippen molar-refractivity contribution in [2.24, 2.45) is 12.8 Å². The lowest BCUT2D eigenvalue weighted by Gasteiger charge is -2.20. The Morgan fingerprint density at radius 1 is 1.33 bits per heavy atom. The van der Waals surface area contributed by atoms with Crippen molar-refractivity contribution < 1.29 is 4.39 Å². The number of rotatable bonds is 1. The number of halogens is 1. The summed E-state index contributed by atoms with van der Waals surface area (Å²) in [7, 11) is 1.94. The molecular formula is C12H15FN2. The van der Waals surface area contributed by atoms with E-state index in [1.165, 1.54) is 0 Å². The van der Waals surface area contributed by atoms with Gasteiger partial charge < -0.3 is 10.3 Å². The lowest BCUT2D eigenvalue weighted by Crippen LogP contribution is -2.29. The quantitative estimate of drug-likeness (QED) is 0.763. The minimum absolute atomic E-state index is 0.235. The van der Waals surface area contributed by atoms with E-state index >= 15 is 0 Å². The molecule has 0 aliphatic rings. The largest absolute Gasteiger partial charge is 0.351 e. The first-order valence-corrected chi connectivity index (χ1v) is 4.93. The number of nitrogens with zero attached hydrogens (tertiary/aromatic N) is 1. The molecule has 1 heterocycles. The summed E-state index contributed by atoms with van der Waals surface area (Å²) in [4.78, 5) is 0. The van der Waals surface area contributed by atoms with Crippen LogP contribution >= 0.6 is 0 Å². The average molecular weight is 206 g/mol. The summed E-state index contributed by atoms with van der Waals surface area (Å²) in [6, 6.07) is 5.26. The Balaban J connectivity index is 2.76. The van der Waals surface area contributed by atoms with Gasteiger partial charge in [-0.1, -0.05) is 0 Å². The summed E-state index contributed by atoms with van der Waals surface area (Å²) < 4.78 is 15.7. The van der Waals surface area contributed by atoms with Gasteiger partial charge in [0.1, 0.15) is 5.82 Å². The molecule has 0 spiro atoms. The Labute approximate surface area is 88.5 Å². The fourth-order valence-corrected chi connectivity index (χ4v) is 1.78. The van der Waals surface area contributed by atoms with Crippen LogP contribution < -0.4 is 5.73 Å². The van der Waals surface area contributed by atoms with E-state index in [0.29, 0.717) is 5.56 Å². The van der Waals surface area contributed by atoms with Crippen LogP contribution in [0.2, 0.25) is 0 Å². The minimum atomic E-state index is -0.650. The maximum Gasteiger partial charge on any atom is 0.128 e. The molecule has 80 valence electrons. The highest BCUT2D eigenvalue weighted by Crippen LogP contribution is 2.26. The predicted molar refractivity (Wildman–Crippen MR) is 60.1 cm³/mol. The van der Waals surface area contributed by atoms with E-state index in [0.717, 1.165) is 10.9 Å². The van der Waals surface area contributed by atoms with Crippen LogP contribution in [0, 0.1) is 5.82 Å². The molecule has 0 saturated carbocycles. The van der Waals surface area contributed by atoms with Crippen LogP contribution in [-0.2, 0) is 12.6 Å². The number of nitrogens with two attached hydrogens (primary N) is 1. The SMILES string of the molecule is Cn1ccc2cc(F)c(C(C)(C)N)cc21. The summed E-state index contributed by atoms with van der Waals surface area (Å²) in [5.41, 5.74) is 6.83. The lowest BCUT2D eigenvalue weighted by atomic mass is 9.94. The summed E-state index contributed by atoms with van der Waals surface area (Å²) in [6.07, 6.45) is 1.91. The van der Waals surface area contributed by atoms with Gasteiger partial charge in [0.25, 0.3) is 0 Å². The summed E-state index contributed by atoms with van der Waals surface area (Å²) in [6.45, 7) is 3.61. The fraction of sp³-hybridized carbons (Fsp3) is 0.333. The average Bonchev–Trinajstić information content (AvgIpc) is 2.44. The lowest BCUT2D eigenvalue weighted by molar-refractivity contribution is 0.503. The first-order valence-electron chi connectivity index (χ1n) is 4.93. The van der Waals surface area contributed by atoms with Gasteiger partial charge in [0, 0.05) is 35.2 Å². The maximum atomic E-state index is 13.7.